The average Bonchev–Trinajstić information content (AvgIpc) is 3.19. The molecule has 0 radical (unpaired) electrons. The van der Waals surface area contributed by atoms with Crippen LogP contribution in [0.15, 0.2) is 11.6 Å². The molecule has 1 heterocycles. The van der Waals surface area contributed by atoms with Crippen LogP contribution in [0.3, 0.4) is 0 Å². The van der Waals surface area contributed by atoms with Crippen molar-refractivity contribution in [3.8, 4) is 0 Å². The van der Waals surface area contributed by atoms with Crippen molar-refractivity contribution in [1.29, 1.82) is 0 Å². The standard InChI is InChI=1S/C26H37F3N2O4/c1-14(26(27,28)29)12-19(23(34)35-4)30-21(32)16-13-25(3)18-9-11-24(2)10-5-6-17(24)15(18)7-8-20(25)31-22(16)33/h13-15,17-20H,5-12H2,1-4H3,(H,30,32)(H,31,33)/t14?,15-,17-,18+,19?,20?,24-,25+/m0/s1. The quantitative estimate of drug-likeness (QED) is 0.438. The molecule has 3 saturated carbocycles. The Labute approximate surface area is 204 Å². The number of ether oxygens (including phenoxy) is 1. The molecule has 4 rings (SSSR count). The Morgan fingerprint density at radius 3 is 2.54 bits per heavy atom. The number of nitrogens with one attached hydrogen (secondary N) is 2. The molecule has 0 saturated heterocycles. The third kappa shape index (κ3) is 4.59. The SMILES string of the molecule is COC(=O)C(CC(C)C(F)(F)F)NC(=O)C1=C[C@@]2(C)C(CC[C@@H]3[C@H]2CC[C@]2(C)CCC[C@@H]32)NC1=O. The zero-order chi connectivity index (χ0) is 25.8. The van der Waals surface area contributed by atoms with Gasteiger partial charge in [-0.2, -0.15) is 13.2 Å². The first-order valence-electron chi connectivity index (χ1n) is 12.8. The molecule has 2 N–H and O–H groups in total. The minimum atomic E-state index is -4.52. The van der Waals surface area contributed by atoms with E-state index in [2.05, 4.69) is 29.2 Å². The first kappa shape index (κ1) is 26.0. The van der Waals surface area contributed by atoms with E-state index in [4.69, 9.17) is 0 Å². The maximum atomic E-state index is 13.2. The van der Waals surface area contributed by atoms with Crippen molar-refractivity contribution < 1.29 is 32.3 Å². The van der Waals surface area contributed by atoms with Gasteiger partial charge in [0.15, 0.2) is 0 Å². The normalized spacial score (nSPS) is 38.1. The van der Waals surface area contributed by atoms with E-state index in [1.807, 2.05) is 0 Å². The van der Waals surface area contributed by atoms with E-state index >= 15 is 0 Å². The van der Waals surface area contributed by atoms with Crippen molar-refractivity contribution in [2.24, 2.45) is 34.5 Å². The fourth-order valence-electron chi connectivity index (χ4n) is 7.68. The summed E-state index contributed by atoms with van der Waals surface area (Å²) >= 11 is 0. The first-order valence-corrected chi connectivity index (χ1v) is 12.8. The van der Waals surface area contributed by atoms with Gasteiger partial charge >= 0.3 is 12.1 Å². The van der Waals surface area contributed by atoms with Gasteiger partial charge < -0.3 is 15.4 Å². The molecule has 0 aromatic carbocycles. The number of carbonyl (C=O) groups is 3. The van der Waals surface area contributed by atoms with E-state index in [9.17, 15) is 27.6 Å². The number of rotatable bonds is 5. The Balaban J connectivity index is 1.58. The Hall–Kier alpha value is -2.06. The average molecular weight is 499 g/mol. The number of methoxy groups -OCH3 is 1. The highest BCUT2D eigenvalue weighted by molar-refractivity contribution is 6.19. The van der Waals surface area contributed by atoms with Crippen LogP contribution in [-0.4, -0.2) is 43.2 Å². The number of hydrogen-bond donors (Lipinski definition) is 2. The van der Waals surface area contributed by atoms with E-state index in [1.165, 1.54) is 19.3 Å². The molecule has 0 bridgehead atoms. The largest absolute Gasteiger partial charge is 0.467 e. The summed E-state index contributed by atoms with van der Waals surface area (Å²) < 4.78 is 43.9. The van der Waals surface area contributed by atoms with Crippen LogP contribution in [0.25, 0.3) is 0 Å². The number of alkyl halides is 3. The predicted octanol–water partition coefficient (Wildman–Crippen LogP) is 4.29. The molecule has 4 aliphatic rings. The van der Waals surface area contributed by atoms with Gasteiger partial charge in [0, 0.05) is 11.5 Å². The van der Waals surface area contributed by atoms with Gasteiger partial charge in [0.25, 0.3) is 11.8 Å². The van der Waals surface area contributed by atoms with E-state index in [0.29, 0.717) is 23.2 Å². The first-order chi connectivity index (χ1) is 16.3. The molecule has 0 spiro atoms. The fraction of sp³-hybridized carbons (Fsp3) is 0.808. The second kappa shape index (κ2) is 9.11. The zero-order valence-electron chi connectivity index (χ0n) is 21.0. The number of carbonyl (C=O) groups excluding carboxylic acids is 3. The second-order valence-corrected chi connectivity index (χ2v) is 11.7. The van der Waals surface area contributed by atoms with Crippen LogP contribution in [0.4, 0.5) is 13.2 Å². The number of esters is 1. The van der Waals surface area contributed by atoms with Gasteiger partial charge in [-0.05, 0) is 68.1 Å². The maximum absolute atomic E-state index is 13.2. The van der Waals surface area contributed by atoms with Gasteiger partial charge in [-0.25, -0.2) is 4.79 Å². The summed E-state index contributed by atoms with van der Waals surface area (Å²) in [5.74, 6) is -2.68. The van der Waals surface area contributed by atoms with Crippen LogP contribution >= 0.6 is 0 Å². The summed E-state index contributed by atoms with van der Waals surface area (Å²) in [6.07, 6.45) is 4.35. The monoisotopic (exact) mass is 498 g/mol. The van der Waals surface area contributed by atoms with Crippen LogP contribution in [-0.2, 0) is 19.1 Å². The van der Waals surface area contributed by atoms with Crippen LogP contribution in [0, 0.1) is 34.5 Å². The smallest absolute Gasteiger partial charge is 0.391 e. The molecule has 2 amide bonds. The molecule has 1 aliphatic heterocycles. The van der Waals surface area contributed by atoms with Crippen molar-refractivity contribution in [2.75, 3.05) is 7.11 Å². The van der Waals surface area contributed by atoms with Crippen molar-refractivity contribution in [3.63, 3.8) is 0 Å². The lowest BCUT2D eigenvalue weighted by atomic mass is 9.48. The summed E-state index contributed by atoms with van der Waals surface area (Å²) in [5.41, 5.74) is -0.180. The fourth-order valence-corrected chi connectivity index (χ4v) is 7.68. The molecule has 9 heteroatoms. The molecule has 0 aromatic rings. The molecule has 3 fully saturated rings. The second-order valence-electron chi connectivity index (χ2n) is 11.7. The van der Waals surface area contributed by atoms with Gasteiger partial charge in [-0.3, -0.25) is 9.59 Å². The summed E-state index contributed by atoms with van der Waals surface area (Å²) in [5, 5.41) is 5.37. The third-order valence-corrected chi connectivity index (χ3v) is 9.75. The van der Waals surface area contributed by atoms with Crippen LogP contribution < -0.4 is 10.6 Å². The van der Waals surface area contributed by atoms with Crippen molar-refractivity contribution >= 4 is 17.8 Å². The predicted molar refractivity (Wildman–Crippen MR) is 123 cm³/mol. The molecule has 0 aromatic heterocycles. The van der Waals surface area contributed by atoms with Gasteiger partial charge in [0.2, 0.25) is 0 Å². The van der Waals surface area contributed by atoms with E-state index < -0.39 is 47.8 Å². The lowest BCUT2D eigenvalue weighted by Gasteiger charge is -2.58. The van der Waals surface area contributed by atoms with Crippen LogP contribution in [0.5, 0.6) is 0 Å². The van der Waals surface area contributed by atoms with E-state index in [0.717, 1.165) is 39.7 Å². The highest BCUT2D eigenvalue weighted by atomic mass is 19.4. The number of halogens is 3. The lowest BCUT2D eigenvalue weighted by Crippen LogP contribution is -2.61. The van der Waals surface area contributed by atoms with E-state index in [-0.39, 0.29) is 11.6 Å². The number of fused-ring (bicyclic) bond motifs is 5. The number of hydrogen-bond acceptors (Lipinski definition) is 4. The molecule has 196 valence electrons. The maximum Gasteiger partial charge on any atom is 0.391 e. The molecule has 8 atom stereocenters. The van der Waals surface area contributed by atoms with Crippen LogP contribution in [0.1, 0.15) is 72.1 Å². The Bertz CT molecular complexity index is 919. The third-order valence-electron chi connectivity index (χ3n) is 9.75. The topological polar surface area (TPSA) is 84.5 Å². The Morgan fingerprint density at radius 2 is 1.89 bits per heavy atom. The molecular weight excluding hydrogens is 461 g/mol. The Kier molecular flexibility index (Phi) is 6.77. The zero-order valence-corrected chi connectivity index (χ0v) is 21.0. The molecule has 3 unspecified atom stereocenters. The highest BCUT2D eigenvalue weighted by Gasteiger charge is 2.58. The van der Waals surface area contributed by atoms with Gasteiger partial charge in [-0.1, -0.05) is 33.3 Å². The lowest BCUT2D eigenvalue weighted by molar-refractivity contribution is -0.175. The summed E-state index contributed by atoms with van der Waals surface area (Å²) in [4.78, 5) is 38.2. The van der Waals surface area contributed by atoms with Crippen LogP contribution in [0.2, 0.25) is 0 Å². The summed E-state index contributed by atoms with van der Waals surface area (Å²) in [6.45, 7) is 5.45. The van der Waals surface area contributed by atoms with Crippen molar-refractivity contribution in [1.82, 2.24) is 10.6 Å². The Morgan fingerprint density at radius 1 is 1.17 bits per heavy atom. The molecule has 35 heavy (non-hydrogen) atoms. The number of amides is 2. The minimum Gasteiger partial charge on any atom is -0.467 e. The molecule has 3 aliphatic carbocycles. The summed E-state index contributed by atoms with van der Waals surface area (Å²) in [7, 11) is 1.06. The summed E-state index contributed by atoms with van der Waals surface area (Å²) in [6, 6.07) is -1.59. The van der Waals surface area contributed by atoms with Gasteiger partial charge in [0.05, 0.1) is 13.0 Å². The molecule has 6 nitrogen and oxygen atoms in total. The van der Waals surface area contributed by atoms with E-state index in [1.54, 1.807) is 6.08 Å². The van der Waals surface area contributed by atoms with Gasteiger partial charge in [0.1, 0.15) is 11.6 Å². The van der Waals surface area contributed by atoms with Crippen molar-refractivity contribution in [3.05, 3.63) is 11.6 Å². The minimum absolute atomic E-state index is 0.0831. The highest BCUT2D eigenvalue weighted by Crippen LogP contribution is 2.63. The van der Waals surface area contributed by atoms with Gasteiger partial charge in [-0.15, -0.1) is 0 Å². The molecular formula is C26H37F3N2O4. The van der Waals surface area contributed by atoms with Crippen molar-refractivity contribution in [2.45, 2.75) is 90.4 Å².